The van der Waals surface area contributed by atoms with Crippen molar-refractivity contribution in [2.24, 2.45) is 0 Å². The first-order chi connectivity index (χ1) is 9.88. The topological polar surface area (TPSA) is 94.0 Å². The molecule has 3 N–H and O–H groups in total. The number of hydrogen-bond acceptors (Lipinski definition) is 5. The van der Waals surface area contributed by atoms with Crippen LogP contribution in [0.1, 0.15) is 60.6 Å². The third-order valence-corrected chi connectivity index (χ3v) is 3.10. The zero-order valence-electron chi connectivity index (χ0n) is 12.7. The molecule has 0 aliphatic carbocycles. The van der Waals surface area contributed by atoms with Gasteiger partial charge in [-0.15, -0.1) is 0 Å². The van der Waals surface area contributed by atoms with Gasteiger partial charge in [0.1, 0.15) is 17.3 Å². The number of nitrogens with two attached hydrogens (primary N) is 1. The van der Waals surface area contributed by atoms with Crippen LogP contribution in [0.15, 0.2) is 22.7 Å². The number of aryl methyl sites for hydroxylation is 1. The first kappa shape index (κ1) is 15.0. The summed E-state index contributed by atoms with van der Waals surface area (Å²) in [7, 11) is 0. The van der Waals surface area contributed by atoms with Crippen molar-refractivity contribution in [2.75, 3.05) is 5.73 Å². The molecule has 0 fully saturated rings. The van der Waals surface area contributed by atoms with E-state index in [0.717, 1.165) is 5.76 Å². The van der Waals surface area contributed by atoms with Gasteiger partial charge in [0.05, 0.1) is 17.9 Å². The number of carbonyl (C=O) groups excluding carboxylic acids is 1. The van der Waals surface area contributed by atoms with Crippen LogP contribution in [0.3, 0.4) is 0 Å². The Morgan fingerprint density at radius 1 is 1.33 bits per heavy atom. The van der Waals surface area contributed by atoms with Crippen LogP contribution in [0.2, 0.25) is 0 Å². The SMILES string of the molecule is Cc1ccc(C(C)NC(=O)c2nc(C(C)C)ncc2N)o1. The van der Waals surface area contributed by atoms with E-state index < -0.39 is 0 Å². The van der Waals surface area contributed by atoms with Crippen molar-refractivity contribution < 1.29 is 9.21 Å². The highest BCUT2D eigenvalue weighted by molar-refractivity contribution is 5.97. The first-order valence-corrected chi connectivity index (χ1v) is 6.88. The lowest BCUT2D eigenvalue weighted by Gasteiger charge is -2.13. The number of nitrogen functional groups attached to an aromatic ring is 1. The summed E-state index contributed by atoms with van der Waals surface area (Å²) >= 11 is 0. The molecule has 21 heavy (non-hydrogen) atoms. The number of carbonyl (C=O) groups is 1. The average Bonchev–Trinajstić information content (AvgIpc) is 2.85. The summed E-state index contributed by atoms with van der Waals surface area (Å²) in [6.45, 7) is 7.62. The molecule has 0 radical (unpaired) electrons. The van der Waals surface area contributed by atoms with Crippen LogP contribution in [0.5, 0.6) is 0 Å². The summed E-state index contributed by atoms with van der Waals surface area (Å²) in [6, 6.07) is 3.43. The van der Waals surface area contributed by atoms with Gasteiger partial charge in [0.15, 0.2) is 5.69 Å². The summed E-state index contributed by atoms with van der Waals surface area (Å²) in [5.74, 6) is 1.88. The molecule has 0 saturated heterocycles. The molecule has 2 rings (SSSR count). The molecule has 1 unspecified atom stereocenters. The molecule has 1 amide bonds. The maximum Gasteiger partial charge on any atom is 0.272 e. The van der Waals surface area contributed by atoms with Crippen molar-refractivity contribution in [3.63, 3.8) is 0 Å². The van der Waals surface area contributed by atoms with E-state index in [4.69, 9.17) is 10.2 Å². The number of rotatable bonds is 4. The van der Waals surface area contributed by atoms with Crippen LogP contribution in [-0.4, -0.2) is 15.9 Å². The van der Waals surface area contributed by atoms with Gasteiger partial charge in [0, 0.05) is 5.92 Å². The summed E-state index contributed by atoms with van der Waals surface area (Å²) in [5.41, 5.74) is 6.26. The van der Waals surface area contributed by atoms with Crippen LogP contribution >= 0.6 is 0 Å². The van der Waals surface area contributed by atoms with Crippen molar-refractivity contribution in [3.05, 3.63) is 41.4 Å². The van der Waals surface area contributed by atoms with E-state index in [9.17, 15) is 4.79 Å². The Kier molecular flexibility index (Phi) is 4.26. The number of nitrogens with one attached hydrogen (secondary N) is 1. The van der Waals surface area contributed by atoms with Crippen LogP contribution in [0.4, 0.5) is 5.69 Å². The fraction of sp³-hybridized carbons (Fsp3) is 0.400. The Labute approximate surface area is 123 Å². The van der Waals surface area contributed by atoms with Gasteiger partial charge in [-0.2, -0.15) is 0 Å². The summed E-state index contributed by atoms with van der Waals surface area (Å²) in [6.07, 6.45) is 1.47. The molecule has 2 aromatic rings. The van der Waals surface area contributed by atoms with Crippen LogP contribution in [0, 0.1) is 6.92 Å². The standard InChI is InChI=1S/C15H20N4O2/c1-8(2)14-17-7-11(16)13(19-14)15(20)18-10(4)12-6-5-9(3)21-12/h5-8,10H,16H2,1-4H3,(H,18,20). The lowest BCUT2D eigenvalue weighted by atomic mass is 10.2. The fourth-order valence-corrected chi connectivity index (χ4v) is 1.89. The number of nitrogens with zero attached hydrogens (tertiary/aromatic N) is 2. The molecule has 0 aliphatic heterocycles. The Morgan fingerprint density at radius 2 is 2.05 bits per heavy atom. The van der Waals surface area contributed by atoms with Gasteiger partial charge >= 0.3 is 0 Å². The Hall–Kier alpha value is -2.37. The largest absolute Gasteiger partial charge is 0.464 e. The number of anilines is 1. The summed E-state index contributed by atoms with van der Waals surface area (Å²) in [4.78, 5) is 20.7. The van der Waals surface area contributed by atoms with Gasteiger partial charge in [-0.3, -0.25) is 4.79 Å². The number of hydrogen-bond donors (Lipinski definition) is 2. The molecular formula is C15H20N4O2. The predicted molar refractivity (Wildman–Crippen MR) is 79.9 cm³/mol. The second-order valence-corrected chi connectivity index (χ2v) is 5.33. The molecule has 0 bridgehead atoms. The van der Waals surface area contributed by atoms with Crippen molar-refractivity contribution in [3.8, 4) is 0 Å². The van der Waals surface area contributed by atoms with Gasteiger partial charge in [-0.05, 0) is 26.0 Å². The number of aromatic nitrogens is 2. The minimum Gasteiger partial charge on any atom is -0.464 e. The normalized spacial score (nSPS) is 12.4. The Bertz CT molecular complexity index is 649. The molecule has 0 saturated carbocycles. The maximum absolute atomic E-state index is 12.3. The lowest BCUT2D eigenvalue weighted by Crippen LogP contribution is -2.28. The molecule has 6 heteroatoms. The van der Waals surface area contributed by atoms with E-state index in [0.29, 0.717) is 11.6 Å². The minimum atomic E-state index is -0.335. The van der Waals surface area contributed by atoms with Gasteiger partial charge < -0.3 is 15.5 Å². The van der Waals surface area contributed by atoms with Crippen LogP contribution in [-0.2, 0) is 0 Å². The molecule has 0 spiro atoms. The van der Waals surface area contributed by atoms with E-state index in [-0.39, 0.29) is 29.2 Å². The monoisotopic (exact) mass is 288 g/mol. The smallest absolute Gasteiger partial charge is 0.272 e. The molecule has 0 aliphatic rings. The number of furan rings is 1. The van der Waals surface area contributed by atoms with Gasteiger partial charge in [-0.25, -0.2) is 9.97 Å². The van der Waals surface area contributed by atoms with E-state index in [1.165, 1.54) is 6.20 Å². The lowest BCUT2D eigenvalue weighted by molar-refractivity contribution is 0.0930. The highest BCUT2D eigenvalue weighted by Gasteiger charge is 2.18. The zero-order valence-corrected chi connectivity index (χ0v) is 12.7. The Balaban J connectivity index is 2.18. The zero-order chi connectivity index (χ0) is 15.6. The predicted octanol–water partition coefficient (Wildman–Crippen LogP) is 2.57. The third kappa shape index (κ3) is 3.39. The molecule has 2 heterocycles. The second-order valence-electron chi connectivity index (χ2n) is 5.33. The minimum absolute atomic E-state index is 0.127. The van der Waals surface area contributed by atoms with Gasteiger partial charge in [0.2, 0.25) is 0 Å². The molecule has 112 valence electrons. The molecule has 6 nitrogen and oxygen atoms in total. The third-order valence-electron chi connectivity index (χ3n) is 3.10. The first-order valence-electron chi connectivity index (χ1n) is 6.88. The quantitative estimate of drug-likeness (QED) is 0.901. The molecule has 0 aromatic carbocycles. The molecule has 1 atom stereocenters. The highest BCUT2D eigenvalue weighted by Crippen LogP contribution is 2.18. The average molecular weight is 288 g/mol. The fourth-order valence-electron chi connectivity index (χ4n) is 1.89. The summed E-state index contributed by atoms with van der Waals surface area (Å²) < 4.78 is 5.50. The van der Waals surface area contributed by atoms with Crippen molar-refractivity contribution >= 4 is 11.6 Å². The van der Waals surface area contributed by atoms with Crippen molar-refractivity contribution in [1.29, 1.82) is 0 Å². The van der Waals surface area contributed by atoms with E-state index >= 15 is 0 Å². The summed E-state index contributed by atoms with van der Waals surface area (Å²) in [5, 5.41) is 2.83. The van der Waals surface area contributed by atoms with Gasteiger partial charge in [-0.1, -0.05) is 13.8 Å². The van der Waals surface area contributed by atoms with Crippen molar-refractivity contribution in [1.82, 2.24) is 15.3 Å². The van der Waals surface area contributed by atoms with Crippen LogP contribution in [0.25, 0.3) is 0 Å². The van der Waals surface area contributed by atoms with E-state index in [1.807, 2.05) is 39.8 Å². The van der Waals surface area contributed by atoms with E-state index in [1.54, 1.807) is 0 Å². The number of amides is 1. The van der Waals surface area contributed by atoms with Crippen LogP contribution < -0.4 is 11.1 Å². The Morgan fingerprint density at radius 3 is 2.62 bits per heavy atom. The van der Waals surface area contributed by atoms with Gasteiger partial charge in [0.25, 0.3) is 5.91 Å². The van der Waals surface area contributed by atoms with Crippen molar-refractivity contribution in [2.45, 2.75) is 39.7 Å². The van der Waals surface area contributed by atoms with E-state index in [2.05, 4.69) is 15.3 Å². The highest BCUT2D eigenvalue weighted by atomic mass is 16.3. The maximum atomic E-state index is 12.3. The molecule has 2 aromatic heterocycles. The second kappa shape index (κ2) is 5.95. The molecular weight excluding hydrogens is 268 g/mol.